The van der Waals surface area contributed by atoms with Crippen molar-refractivity contribution in [3.05, 3.63) is 0 Å². The summed E-state index contributed by atoms with van der Waals surface area (Å²) in [5, 5.41) is 15.2. The molecular formula is C14H21N6O3+. The van der Waals surface area contributed by atoms with Gasteiger partial charge in [-0.25, -0.2) is 9.37 Å². The number of fused-ring (bicyclic) bond motifs is 2. The Morgan fingerprint density at radius 1 is 1.39 bits per heavy atom. The number of rotatable bonds is 4. The van der Waals surface area contributed by atoms with Gasteiger partial charge in [-0.05, 0) is 13.8 Å². The van der Waals surface area contributed by atoms with Crippen molar-refractivity contribution in [2.45, 2.75) is 26.3 Å². The average Bonchev–Trinajstić information content (AvgIpc) is 2.90. The van der Waals surface area contributed by atoms with Crippen molar-refractivity contribution < 1.29 is 19.3 Å². The second-order valence-corrected chi connectivity index (χ2v) is 5.76. The van der Waals surface area contributed by atoms with Crippen LogP contribution in [0.1, 0.15) is 20.3 Å². The summed E-state index contributed by atoms with van der Waals surface area (Å²) in [5.74, 6) is 0.759. The number of nitrogens with zero attached hydrogens (tertiary/aromatic N) is 6. The Morgan fingerprint density at radius 3 is 2.78 bits per heavy atom. The molecule has 1 atom stereocenters. The first kappa shape index (κ1) is 15.6. The van der Waals surface area contributed by atoms with Crippen molar-refractivity contribution >= 4 is 29.4 Å². The Hall–Kier alpha value is -2.29. The lowest BCUT2D eigenvalue weighted by atomic mass is 10.1. The molecule has 3 amide bonds. The zero-order valence-corrected chi connectivity index (χ0v) is 13.6. The largest absolute Gasteiger partial charge is 0.416 e. The highest BCUT2D eigenvalue weighted by molar-refractivity contribution is 6.23. The van der Waals surface area contributed by atoms with Gasteiger partial charge in [0.2, 0.25) is 11.9 Å². The first-order valence-electron chi connectivity index (χ1n) is 7.73. The third-order valence-electron chi connectivity index (χ3n) is 4.15. The smallest absolute Gasteiger partial charge is 0.396 e. The second kappa shape index (κ2) is 5.73. The molecule has 3 rings (SSSR count). The predicted octanol–water partition coefficient (Wildman–Crippen LogP) is -0.877. The number of aliphatic hydroxyl groups is 1. The maximum Gasteiger partial charge on any atom is 0.416 e. The fourth-order valence-electron chi connectivity index (χ4n) is 3.06. The Balaban J connectivity index is 1.99. The Kier molecular flexibility index (Phi) is 3.88. The van der Waals surface area contributed by atoms with E-state index < -0.39 is 6.04 Å². The minimum atomic E-state index is -0.588. The van der Waals surface area contributed by atoms with E-state index in [9.17, 15) is 9.59 Å². The minimum Gasteiger partial charge on any atom is -0.396 e. The van der Waals surface area contributed by atoms with Gasteiger partial charge >= 0.3 is 12.0 Å². The van der Waals surface area contributed by atoms with Crippen LogP contribution in [0.15, 0.2) is 10.1 Å². The van der Waals surface area contributed by atoms with Crippen LogP contribution >= 0.6 is 0 Å². The number of urea groups is 1. The average molecular weight is 321 g/mol. The standard InChI is InChI=1S/C14H21N6O3/c1-4-18-12(22)10-11(17(3)14(18)23)15-13-19(10)8-9(2)16-20(13)6-5-7-21/h10,21H,4-8H2,1-3H3/q+1. The molecule has 0 aromatic rings. The van der Waals surface area contributed by atoms with Gasteiger partial charge in [0, 0.05) is 26.6 Å². The van der Waals surface area contributed by atoms with E-state index in [1.165, 1.54) is 9.80 Å². The van der Waals surface area contributed by atoms with Crippen LogP contribution in [0.4, 0.5) is 4.79 Å². The summed E-state index contributed by atoms with van der Waals surface area (Å²) in [6.07, 6.45) is 0.549. The van der Waals surface area contributed by atoms with Gasteiger partial charge in [-0.15, -0.1) is 10.1 Å². The van der Waals surface area contributed by atoms with Crippen LogP contribution in [0.25, 0.3) is 0 Å². The first-order chi connectivity index (χ1) is 11.0. The van der Waals surface area contributed by atoms with Crippen LogP contribution in [0.5, 0.6) is 0 Å². The highest BCUT2D eigenvalue weighted by atomic mass is 16.3. The predicted molar refractivity (Wildman–Crippen MR) is 83.4 cm³/mol. The van der Waals surface area contributed by atoms with Gasteiger partial charge in [0.15, 0.2) is 0 Å². The highest BCUT2D eigenvalue weighted by Crippen LogP contribution is 2.22. The van der Waals surface area contributed by atoms with Gasteiger partial charge in [0.1, 0.15) is 6.54 Å². The molecule has 0 radical (unpaired) electrons. The quantitative estimate of drug-likeness (QED) is 0.681. The molecular weight excluding hydrogens is 300 g/mol. The van der Waals surface area contributed by atoms with Gasteiger partial charge in [0.05, 0.1) is 12.3 Å². The summed E-state index contributed by atoms with van der Waals surface area (Å²) < 4.78 is 1.88. The van der Waals surface area contributed by atoms with Crippen LogP contribution in [-0.2, 0) is 4.79 Å². The SMILES string of the molecule is CCN1C(=O)C2C(=NC3=[N+]2CC(C)=NN3CCCO)N(C)C1=O. The molecule has 1 N–H and O–H groups in total. The van der Waals surface area contributed by atoms with Crippen molar-refractivity contribution in [1.29, 1.82) is 0 Å². The number of carbonyl (C=O) groups excluding carboxylic acids is 2. The molecule has 3 heterocycles. The Labute approximate surface area is 134 Å². The van der Waals surface area contributed by atoms with Crippen LogP contribution in [0, 0.1) is 0 Å². The van der Waals surface area contributed by atoms with E-state index in [4.69, 9.17) is 5.11 Å². The normalized spacial score (nSPS) is 24.0. The lowest BCUT2D eigenvalue weighted by Crippen LogP contribution is -2.63. The fourth-order valence-corrected chi connectivity index (χ4v) is 3.06. The summed E-state index contributed by atoms with van der Waals surface area (Å²) in [6, 6.07) is -0.942. The first-order valence-corrected chi connectivity index (χ1v) is 7.73. The number of amidine groups is 1. The van der Waals surface area contributed by atoms with E-state index in [0.717, 1.165) is 5.71 Å². The summed E-state index contributed by atoms with van der Waals surface area (Å²) in [7, 11) is 1.63. The lowest BCUT2D eigenvalue weighted by molar-refractivity contribution is -0.527. The van der Waals surface area contributed by atoms with E-state index in [1.54, 1.807) is 19.0 Å². The lowest BCUT2D eigenvalue weighted by Gasteiger charge is -2.33. The molecule has 0 aromatic heterocycles. The molecule has 1 saturated heterocycles. The monoisotopic (exact) mass is 321 g/mol. The summed E-state index contributed by atoms with van der Waals surface area (Å²) in [4.78, 5) is 32.2. The number of guanidine groups is 1. The van der Waals surface area contributed by atoms with E-state index in [1.807, 2.05) is 11.5 Å². The second-order valence-electron chi connectivity index (χ2n) is 5.76. The number of carbonyl (C=O) groups is 2. The molecule has 1 fully saturated rings. The molecule has 0 aliphatic carbocycles. The van der Waals surface area contributed by atoms with Crippen molar-refractivity contribution in [3.63, 3.8) is 0 Å². The summed E-state index contributed by atoms with van der Waals surface area (Å²) in [5.41, 5.74) is 0.860. The third-order valence-corrected chi connectivity index (χ3v) is 4.15. The van der Waals surface area contributed by atoms with E-state index in [0.29, 0.717) is 37.9 Å². The number of aliphatic imine (C=N–C) groups is 1. The molecule has 9 nitrogen and oxygen atoms in total. The molecule has 124 valence electrons. The molecule has 3 aliphatic heterocycles. The van der Waals surface area contributed by atoms with Crippen molar-refractivity contribution in [2.24, 2.45) is 10.1 Å². The molecule has 23 heavy (non-hydrogen) atoms. The van der Waals surface area contributed by atoms with Crippen molar-refractivity contribution in [2.75, 3.05) is 33.3 Å². The molecule has 0 saturated carbocycles. The van der Waals surface area contributed by atoms with Gasteiger partial charge < -0.3 is 5.11 Å². The zero-order valence-electron chi connectivity index (χ0n) is 13.6. The number of hydrazone groups is 1. The number of likely N-dealkylation sites (N-methyl/N-ethyl adjacent to an activating group) is 2. The number of imide groups is 1. The molecule has 0 aromatic carbocycles. The van der Waals surface area contributed by atoms with E-state index >= 15 is 0 Å². The Morgan fingerprint density at radius 2 is 2.13 bits per heavy atom. The number of hydrogen-bond donors (Lipinski definition) is 1. The van der Waals surface area contributed by atoms with Crippen LogP contribution < -0.4 is 0 Å². The van der Waals surface area contributed by atoms with Gasteiger partial charge in [0.25, 0.3) is 5.91 Å². The molecule has 9 heteroatoms. The maximum absolute atomic E-state index is 12.7. The fraction of sp³-hybridized carbons (Fsp3) is 0.643. The van der Waals surface area contributed by atoms with E-state index in [-0.39, 0.29) is 18.5 Å². The van der Waals surface area contributed by atoms with Gasteiger partial charge in [-0.3, -0.25) is 14.6 Å². The number of aliphatic hydroxyl groups excluding tert-OH is 1. The van der Waals surface area contributed by atoms with Crippen LogP contribution in [-0.4, -0.2) is 93.3 Å². The summed E-state index contributed by atoms with van der Waals surface area (Å²) >= 11 is 0. The minimum absolute atomic E-state index is 0.0548. The zero-order chi connectivity index (χ0) is 16.7. The Bertz CT molecular complexity index is 653. The molecule has 0 spiro atoms. The third kappa shape index (κ3) is 2.31. The number of amides is 3. The van der Waals surface area contributed by atoms with Gasteiger partial charge in [-0.1, -0.05) is 4.99 Å². The maximum atomic E-state index is 12.7. The van der Waals surface area contributed by atoms with Crippen molar-refractivity contribution in [1.82, 2.24) is 14.8 Å². The highest BCUT2D eigenvalue weighted by Gasteiger charge is 2.54. The van der Waals surface area contributed by atoms with E-state index in [2.05, 4.69) is 10.1 Å². The van der Waals surface area contributed by atoms with Crippen LogP contribution in [0.3, 0.4) is 0 Å². The molecule has 1 unspecified atom stereocenters. The van der Waals surface area contributed by atoms with Crippen LogP contribution in [0.2, 0.25) is 0 Å². The molecule has 0 bridgehead atoms. The van der Waals surface area contributed by atoms with Crippen molar-refractivity contribution in [3.8, 4) is 0 Å². The topological polar surface area (TPSA) is 91.8 Å². The molecule has 3 aliphatic rings. The number of hydrogen-bond acceptors (Lipinski definition) is 6. The van der Waals surface area contributed by atoms with Gasteiger partial charge in [-0.2, -0.15) is 0 Å². The summed E-state index contributed by atoms with van der Waals surface area (Å²) in [6.45, 7) is 5.05.